The van der Waals surface area contributed by atoms with E-state index in [-0.39, 0.29) is 31.4 Å². The minimum atomic E-state index is -3.82. The minimum absolute atomic E-state index is 0.0961. The number of ether oxygens (including phenoxy) is 1. The molecule has 4 N–H and O–H groups in total. The third kappa shape index (κ3) is 7.21. The number of rotatable bonds is 10. The van der Waals surface area contributed by atoms with Gasteiger partial charge in [-0.25, -0.2) is 22.9 Å². The predicted octanol–water partition coefficient (Wildman–Crippen LogP) is -0.237. The average molecular weight is 605 g/mol. The molecule has 226 valence electrons. The van der Waals surface area contributed by atoms with E-state index in [1.165, 1.54) is 0 Å². The quantitative estimate of drug-likeness (QED) is 0.263. The summed E-state index contributed by atoms with van der Waals surface area (Å²) in [4.78, 5) is 63.9. The van der Waals surface area contributed by atoms with Crippen molar-refractivity contribution < 1.29 is 47.3 Å². The summed E-state index contributed by atoms with van der Waals surface area (Å²) in [5.41, 5.74) is 0.239. The third-order valence-corrected chi connectivity index (χ3v) is 7.81. The van der Waals surface area contributed by atoms with Crippen LogP contribution in [0.5, 0.6) is 0 Å². The van der Waals surface area contributed by atoms with Crippen molar-refractivity contribution >= 4 is 50.5 Å². The van der Waals surface area contributed by atoms with Gasteiger partial charge < -0.3 is 20.3 Å². The summed E-state index contributed by atoms with van der Waals surface area (Å²) in [5.74, 6) is -4.24. The van der Waals surface area contributed by atoms with Crippen LogP contribution < -0.4 is 10.0 Å². The zero-order chi connectivity index (χ0) is 30.6. The number of nitrogens with one attached hydrogen (secondary N) is 2. The topological polar surface area (TPSA) is 200 Å². The van der Waals surface area contributed by atoms with Gasteiger partial charge in [0.1, 0.15) is 24.8 Å². The zero-order valence-corrected chi connectivity index (χ0v) is 23.6. The standard InChI is InChI=1S/C27H32N4O10S/c1-42(39,40)29-19-11-12-23(33)30-13-5-10-21(31(30)26(19)37)25(36)28-20(14-24(34)35)22(32)15-41-27(38)18-9-4-7-16-6-2-3-8-17(16)18/h2-4,6-9,19-22,29,32H,5,10-15H2,1H3,(H,28,36)(H,34,35). The van der Waals surface area contributed by atoms with Crippen molar-refractivity contribution in [3.05, 3.63) is 48.0 Å². The lowest BCUT2D eigenvalue weighted by Gasteiger charge is -2.43. The van der Waals surface area contributed by atoms with Crippen LogP contribution in [0.1, 0.15) is 42.5 Å². The van der Waals surface area contributed by atoms with Gasteiger partial charge in [0.05, 0.1) is 24.3 Å². The molecule has 0 bridgehead atoms. The predicted molar refractivity (Wildman–Crippen MR) is 147 cm³/mol. The van der Waals surface area contributed by atoms with Crippen LogP contribution in [0, 0.1) is 0 Å². The maximum absolute atomic E-state index is 13.4. The summed E-state index contributed by atoms with van der Waals surface area (Å²) in [7, 11) is -3.82. The molecule has 2 heterocycles. The van der Waals surface area contributed by atoms with Gasteiger partial charge >= 0.3 is 11.9 Å². The van der Waals surface area contributed by atoms with E-state index < -0.39 is 76.9 Å². The molecule has 2 saturated heterocycles. The number of hydrogen-bond donors (Lipinski definition) is 4. The number of amides is 3. The second-order valence-corrected chi connectivity index (χ2v) is 12.0. The SMILES string of the molecule is CS(=O)(=O)NC1CCC(=O)N2CCCC(C(=O)NC(CC(=O)O)C(O)COC(=O)c3cccc4ccccc34)N2C1=O. The van der Waals surface area contributed by atoms with Gasteiger partial charge in [0, 0.05) is 13.0 Å². The van der Waals surface area contributed by atoms with Crippen LogP contribution in [-0.4, -0.2) is 102 Å². The van der Waals surface area contributed by atoms with Crippen molar-refractivity contribution in [2.75, 3.05) is 19.4 Å². The van der Waals surface area contributed by atoms with Gasteiger partial charge in [-0.15, -0.1) is 0 Å². The molecule has 2 aromatic carbocycles. The van der Waals surface area contributed by atoms with Gasteiger partial charge in [-0.05, 0) is 36.1 Å². The van der Waals surface area contributed by atoms with Crippen molar-refractivity contribution in [2.45, 2.75) is 56.3 Å². The van der Waals surface area contributed by atoms with Crippen molar-refractivity contribution in [1.82, 2.24) is 20.1 Å². The summed E-state index contributed by atoms with van der Waals surface area (Å²) in [6, 6.07) is 8.15. The Morgan fingerprint density at radius 3 is 2.52 bits per heavy atom. The molecule has 4 atom stereocenters. The number of esters is 1. The Morgan fingerprint density at radius 1 is 1.10 bits per heavy atom. The highest BCUT2D eigenvalue weighted by molar-refractivity contribution is 7.88. The van der Waals surface area contributed by atoms with Crippen LogP contribution in [0.3, 0.4) is 0 Å². The molecule has 0 aromatic heterocycles. The van der Waals surface area contributed by atoms with E-state index in [4.69, 9.17) is 4.74 Å². The van der Waals surface area contributed by atoms with E-state index in [9.17, 15) is 42.6 Å². The molecule has 2 aliphatic rings. The number of benzene rings is 2. The molecule has 0 aliphatic carbocycles. The van der Waals surface area contributed by atoms with Crippen LogP contribution in [0.2, 0.25) is 0 Å². The molecule has 42 heavy (non-hydrogen) atoms. The van der Waals surface area contributed by atoms with Gasteiger partial charge in [-0.2, -0.15) is 0 Å². The molecule has 4 unspecified atom stereocenters. The monoisotopic (exact) mass is 604 g/mol. The number of sulfonamides is 1. The highest BCUT2D eigenvalue weighted by Gasteiger charge is 2.45. The first-order valence-electron chi connectivity index (χ1n) is 13.3. The summed E-state index contributed by atoms with van der Waals surface area (Å²) in [6.45, 7) is -0.510. The van der Waals surface area contributed by atoms with Gasteiger partial charge in [0.2, 0.25) is 21.8 Å². The molecule has 0 saturated carbocycles. The van der Waals surface area contributed by atoms with E-state index in [2.05, 4.69) is 10.0 Å². The van der Waals surface area contributed by atoms with Crippen molar-refractivity contribution in [2.24, 2.45) is 0 Å². The fourth-order valence-electron chi connectivity index (χ4n) is 5.15. The molecule has 0 radical (unpaired) electrons. The van der Waals surface area contributed by atoms with Crippen molar-refractivity contribution in [3.8, 4) is 0 Å². The largest absolute Gasteiger partial charge is 0.481 e. The highest BCUT2D eigenvalue weighted by Crippen LogP contribution is 2.26. The number of aliphatic carboxylic acids is 1. The highest BCUT2D eigenvalue weighted by atomic mass is 32.2. The van der Waals surface area contributed by atoms with Gasteiger partial charge in [-0.3, -0.25) is 24.2 Å². The van der Waals surface area contributed by atoms with Crippen LogP contribution >= 0.6 is 0 Å². The number of nitrogens with zero attached hydrogens (tertiary/aromatic N) is 2. The van der Waals surface area contributed by atoms with E-state index in [1.54, 1.807) is 24.3 Å². The number of fused-ring (bicyclic) bond motifs is 2. The lowest BCUT2D eigenvalue weighted by molar-refractivity contribution is -0.176. The smallest absolute Gasteiger partial charge is 0.338 e. The molecule has 14 nitrogen and oxygen atoms in total. The van der Waals surface area contributed by atoms with E-state index in [0.29, 0.717) is 11.8 Å². The Hall–Kier alpha value is -4.08. The van der Waals surface area contributed by atoms with Crippen LogP contribution in [-0.2, 0) is 33.9 Å². The van der Waals surface area contributed by atoms with E-state index in [0.717, 1.165) is 21.7 Å². The van der Waals surface area contributed by atoms with Crippen molar-refractivity contribution in [3.63, 3.8) is 0 Å². The second-order valence-electron chi connectivity index (χ2n) is 10.2. The third-order valence-electron chi connectivity index (χ3n) is 7.10. The lowest BCUT2D eigenvalue weighted by Crippen LogP contribution is -2.64. The van der Waals surface area contributed by atoms with E-state index in [1.807, 2.05) is 18.2 Å². The molecule has 0 spiro atoms. The summed E-state index contributed by atoms with van der Waals surface area (Å²) in [6.07, 6.45) is -1.30. The number of hydrogen-bond acceptors (Lipinski definition) is 9. The first kappa shape index (κ1) is 30.9. The van der Waals surface area contributed by atoms with Gasteiger partial charge in [-0.1, -0.05) is 36.4 Å². The summed E-state index contributed by atoms with van der Waals surface area (Å²) in [5, 5.41) is 26.1. The fraction of sp³-hybridized carbons (Fsp3) is 0.444. The summed E-state index contributed by atoms with van der Waals surface area (Å²) >= 11 is 0. The number of carboxylic acid groups (broad SMARTS) is 1. The number of aliphatic hydroxyl groups excluding tert-OH is 1. The zero-order valence-electron chi connectivity index (χ0n) is 22.8. The number of carbonyl (C=O) groups is 5. The van der Waals surface area contributed by atoms with Crippen molar-refractivity contribution in [1.29, 1.82) is 0 Å². The molecule has 2 aromatic rings. The minimum Gasteiger partial charge on any atom is -0.481 e. The molecule has 15 heteroatoms. The van der Waals surface area contributed by atoms with Crippen LogP contribution in [0.15, 0.2) is 42.5 Å². The Bertz CT molecular complexity index is 1490. The number of carboxylic acids is 1. The van der Waals surface area contributed by atoms with Crippen LogP contribution in [0.4, 0.5) is 0 Å². The molecular formula is C27H32N4O10S. The number of hydrazine groups is 1. The average Bonchev–Trinajstić information content (AvgIpc) is 3.06. The number of aliphatic hydroxyl groups is 1. The fourth-order valence-corrected chi connectivity index (χ4v) is 5.88. The molecular weight excluding hydrogens is 572 g/mol. The Kier molecular flexibility index (Phi) is 9.43. The molecule has 2 aliphatic heterocycles. The molecule has 3 amide bonds. The lowest BCUT2D eigenvalue weighted by atomic mass is 10.0. The summed E-state index contributed by atoms with van der Waals surface area (Å²) < 4.78 is 31.1. The van der Waals surface area contributed by atoms with E-state index >= 15 is 0 Å². The van der Waals surface area contributed by atoms with Gasteiger partial charge in [0.15, 0.2) is 0 Å². The maximum atomic E-state index is 13.4. The first-order chi connectivity index (χ1) is 19.9. The van der Waals surface area contributed by atoms with Crippen LogP contribution in [0.25, 0.3) is 10.8 Å². The number of carbonyl (C=O) groups excluding carboxylic acids is 4. The van der Waals surface area contributed by atoms with Gasteiger partial charge in [0.25, 0.3) is 5.91 Å². The second kappa shape index (κ2) is 12.8. The normalized spacial score (nSPS) is 20.8. The Balaban J connectivity index is 1.49. The molecule has 2 fully saturated rings. The molecule has 4 rings (SSSR count). The Labute approximate surface area is 241 Å². The first-order valence-corrected chi connectivity index (χ1v) is 15.2. The maximum Gasteiger partial charge on any atom is 0.338 e. The Morgan fingerprint density at radius 2 is 1.81 bits per heavy atom.